The van der Waals surface area contributed by atoms with Gasteiger partial charge < -0.3 is 10.2 Å². The van der Waals surface area contributed by atoms with E-state index >= 15 is 0 Å². The summed E-state index contributed by atoms with van der Waals surface area (Å²) in [5.74, 6) is 0.342. The van der Waals surface area contributed by atoms with Gasteiger partial charge in [-0.2, -0.15) is 0 Å². The lowest BCUT2D eigenvalue weighted by Crippen LogP contribution is -2.51. The van der Waals surface area contributed by atoms with Crippen LogP contribution >= 0.6 is 15.9 Å². The summed E-state index contributed by atoms with van der Waals surface area (Å²) in [7, 11) is 1.82. The van der Waals surface area contributed by atoms with E-state index in [4.69, 9.17) is 0 Å². The van der Waals surface area contributed by atoms with Gasteiger partial charge in [0.05, 0.1) is 5.92 Å². The van der Waals surface area contributed by atoms with Crippen molar-refractivity contribution in [2.75, 3.05) is 25.0 Å². The Morgan fingerprint density at radius 2 is 2.00 bits per heavy atom. The standard InChI is InChI=1S/C11H13BrN2O/c1-14(11(15)8-6-13-7-8)10-4-2-9(12)3-5-10/h2-5,8,13H,6-7H2,1H3. The molecule has 4 heteroatoms. The number of nitrogens with zero attached hydrogens (tertiary/aromatic N) is 1. The van der Waals surface area contributed by atoms with Crippen LogP contribution in [-0.4, -0.2) is 26.0 Å². The molecule has 0 spiro atoms. The van der Waals surface area contributed by atoms with Crippen molar-refractivity contribution < 1.29 is 4.79 Å². The van der Waals surface area contributed by atoms with Gasteiger partial charge in [0.15, 0.2) is 0 Å². The minimum Gasteiger partial charge on any atom is -0.315 e. The van der Waals surface area contributed by atoms with E-state index in [1.54, 1.807) is 4.90 Å². The second kappa shape index (κ2) is 4.33. The topological polar surface area (TPSA) is 32.3 Å². The monoisotopic (exact) mass is 268 g/mol. The Labute approximate surface area is 97.6 Å². The van der Waals surface area contributed by atoms with Gasteiger partial charge in [-0.05, 0) is 24.3 Å². The molecule has 0 bridgehead atoms. The summed E-state index contributed by atoms with van der Waals surface area (Å²) >= 11 is 3.37. The Bertz CT molecular complexity index is 359. The highest BCUT2D eigenvalue weighted by molar-refractivity contribution is 9.10. The van der Waals surface area contributed by atoms with E-state index in [1.807, 2.05) is 31.3 Å². The van der Waals surface area contributed by atoms with Gasteiger partial charge in [-0.3, -0.25) is 4.79 Å². The third kappa shape index (κ3) is 2.21. The molecule has 0 atom stereocenters. The van der Waals surface area contributed by atoms with Crippen molar-refractivity contribution in [1.29, 1.82) is 0 Å². The average molecular weight is 269 g/mol. The Hall–Kier alpha value is -0.870. The van der Waals surface area contributed by atoms with Gasteiger partial charge in [-0.1, -0.05) is 15.9 Å². The fourth-order valence-corrected chi connectivity index (χ4v) is 1.79. The molecule has 3 nitrogen and oxygen atoms in total. The summed E-state index contributed by atoms with van der Waals surface area (Å²) in [4.78, 5) is 13.6. The van der Waals surface area contributed by atoms with Gasteiger partial charge in [0.2, 0.25) is 5.91 Å². The molecule has 0 saturated carbocycles. The van der Waals surface area contributed by atoms with Crippen molar-refractivity contribution in [2.45, 2.75) is 0 Å². The van der Waals surface area contributed by atoms with Gasteiger partial charge in [0.25, 0.3) is 0 Å². The molecule has 1 aromatic rings. The Kier molecular flexibility index (Phi) is 3.07. The van der Waals surface area contributed by atoms with Crippen molar-refractivity contribution in [3.8, 4) is 0 Å². The first-order valence-electron chi connectivity index (χ1n) is 4.92. The predicted molar refractivity (Wildman–Crippen MR) is 63.9 cm³/mol. The van der Waals surface area contributed by atoms with Crippen molar-refractivity contribution >= 4 is 27.5 Å². The largest absolute Gasteiger partial charge is 0.315 e. The minimum atomic E-state index is 0.152. The van der Waals surface area contributed by atoms with E-state index in [0.717, 1.165) is 23.2 Å². The Morgan fingerprint density at radius 1 is 1.40 bits per heavy atom. The van der Waals surface area contributed by atoms with E-state index in [-0.39, 0.29) is 11.8 Å². The first-order chi connectivity index (χ1) is 7.18. The maximum Gasteiger partial charge on any atom is 0.232 e. The van der Waals surface area contributed by atoms with Crippen LogP contribution in [0.1, 0.15) is 0 Å². The van der Waals surface area contributed by atoms with Crippen molar-refractivity contribution in [3.05, 3.63) is 28.7 Å². The molecule has 1 amide bonds. The van der Waals surface area contributed by atoms with E-state index in [0.29, 0.717) is 0 Å². The maximum atomic E-state index is 11.9. The molecule has 1 heterocycles. The second-order valence-corrected chi connectivity index (χ2v) is 4.64. The number of hydrogen-bond acceptors (Lipinski definition) is 2. The van der Waals surface area contributed by atoms with Crippen LogP contribution in [0.5, 0.6) is 0 Å². The molecule has 80 valence electrons. The SMILES string of the molecule is CN(C(=O)C1CNC1)c1ccc(Br)cc1. The summed E-state index contributed by atoms with van der Waals surface area (Å²) in [6.45, 7) is 1.61. The Balaban J connectivity index is 2.09. The fraction of sp³-hybridized carbons (Fsp3) is 0.364. The zero-order chi connectivity index (χ0) is 10.8. The highest BCUT2D eigenvalue weighted by Crippen LogP contribution is 2.19. The third-order valence-electron chi connectivity index (χ3n) is 2.68. The van der Waals surface area contributed by atoms with Crippen LogP contribution in [0.25, 0.3) is 0 Å². The van der Waals surface area contributed by atoms with Gasteiger partial charge >= 0.3 is 0 Å². The maximum absolute atomic E-state index is 11.9. The molecule has 0 aromatic heterocycles. The summed E-state index contributed by atoms with van der Waals surface area (Å²) in [5, 5.41) is 3.10. The first kappa shape index (κ1) is 10.6. The highest BCUT2D eigenvalue weighted by atomic mass is 79.9. The van der Waals surface area contributed by atoms with Crippen LogP contribution < -0.4 is 10.2 Å². The van der Waals surface area contributed by atoms with Crippen LogP contribution in [0, 0.1) is 5.92 Å². The van der Waals surface area contributed by atoms with E-state index < -0.39 is 0 Å². The number of amides is 1. The quantitative estimate of drug-likeness (QED) is 0.885. The van der Waals surface area contributed by atoms with Gasteiger partial charge in [0.1, 0.15) is 0 Å². The molecule has 0 radical (unpaired) electrons. The number of halogens is 1. The average Bonchev–Trinajstić information content (AvgIpc) is 2.15. The number of carbonyl (C=O) groups excluding carboxylic acids is 1. The Morgan fingerprint density at radius 3 is 2.47 bits per heavy atom. The van der Waals surface area contributed by atoms with Crippen LogP contribution in [0.4, 0.5) is 5.69 Å². The molecule has 1 aromatic carbocycles. The number of benzene rings is 1. The summed E-state index contributed by atoms with van der Waals surface area (Å²) in [6, 6.07) is 7.76. The van der Waals surface area contributed by atoms with E-state index in [2.05, 4.69) is 21.2 Å². The summed E-state index contributed by atoms with van der Waals surface area (Å²) in [6.07, 6.45) is 0. The number of carbonyl (C=O) groups is 1. The molecular weight excluding hydrogens is 256 g/mol. The van der Waals surface area contributed by atoms with Crippen molar-refractivity contribution in [2.24, 2.45) is 5.92 Å². The van der Waals surface area contributed by atoms with Crippen molar-refractivity contribution in [3.63, 3.8) is 0 Å². The smallest absolute Gasteiger partial charge is 0.232 e. The molecule has 1 aliphatic heterocycles. The fourth-order valence-electron chi connectivity index (χ4n) is 1.53. The number of nitrogens with one attached hydrogen (secondary N) is 1. The molecule has 1 fully saturated rings. The second-order valence-electron chi connectivity index (χ2n) is 3.73. The predicted octanol–water partition coefficient (Wildman–Crippen LogP) is 1.63. The zero-order valence-corrected chi connectivity index (χ0v) is 10.1. The van der Waals surface area contributed by atoms with Crippen LogP contribution in [0.15, 0.2) is 28.7 Å². The summed E-state index contributed by atoms with van der Waals surface area (Å²) < 4.78 is 1.03. The van der Waals surface area contributed by atoms with Gasteiger partial charge in [-0.15, -0.1) is 0 Å². The van der Waals surface area contributed by atoms with Crippen molar-refractivity contribution in [1.82, 2.24) is 5.32 Å². The molecular formula is C11H13BrN2O. The highest BCUT2D eigenvalue weighted by Gasteiger charge is 2.27. The lowest BCUT2D eigenvalue weighted by atomic mass is 10.0. The molecule has 1 N–H and O–H groups in total. The normalized spacial score (nSPS) is 15.9. The minimum absolute atomic E-state index is 0.152. The molecule has 0 unspecified atom stereocenters. The van der Waals surface area contributed by atoms with Crippen LogP contribution in [0.2, 0.25) is 0 Å². The summed E-state index contributed by atoms with van der Waals surface area (Å²) in [5.41, 5.74) is 0.940. The lowest BCUT2D eigenvalue weighted by Gasteiger charge is -2.30. The zero-order valence-electron chi connectivity index (χ0n) is 8.53. The van der Waals surface area contributed by atoms with Gasteiger partial charge in [-0.25, -0.2) is 0 Å². The van der Waals surface area contributed by atoms with Crippen LogP contribution in [-0.2, 0) is 4.79 Å². The third-order valence-corrected chi connectivity index (χ3v) is 3.20. The van der Waals surface area contributed by atoms with E-state index in [1.165, 1.54) is 0 Å². The number of anilines is 1. The number of hydrogen-bond donors (Lipinski definition) is 1. The number of rotatable bonds is 2. The molecule has 2 rings (SSSR count). The molecule has 15 heavy (non-hydrogen) atoms. The molecule has 1 aliphatic rings. The first-order valence-corrected chi connectivity index (χ1v) is 5.71. The van der Waals surface area contributed by atoms with Gasteiger partial charge in [0, 0.05) is 30.3 Å². The van der Waals surface area contributed by atoms with Crippen LogP contribution in [0.3, 0.4) is 0 Å². The lowest BCUT2D eigenvalue weighted by molar-refractivity contribution is -0.123. The van der Waals surface area contributed by atoms with E-state index in [9.17, 15) is 4.79 Å². The molecule has 1 saturated heterocycles. The molecule has 0 aliphatic carbocycles.